The van der Waals surface area contributed by atoms with E-state index in [0.717, 1.165) is 0 Å². The summed E-state index contributed by atoms with van der Waals surface area (Å²) in [6.45, 7) is 0.539. The fourth-order valence-electron chi connectivity index (χ4n) is 1.13. The molecule has 0 heterocycles. The van der Waals surface area contributed by atoms with Crippen molar-refractivity contribution in [3.63, 3.8) is 0 Å². The van der Waals surface area contributed by atoms with Crippen LogP contribution in [-0.2, 0) is 37.4 Å². The molecule has 0 radical (unpaired) electrons. The molecule has 2 atom stereocenters. The quantitative estimate of drug-likeness (QED) is 0.0676. The number of phenols is 1. The zero-order valence-electron chi connectivity index (χ0n) is 20.3. The first-order valence-electron chi connectivity index (χ1n) is 9.82. The number of aliphatic carboxylic acids is 4. The number of carbonyl (C=O) groups is 4. The first-order valence-corrected chi connectivity index (χ1v) is 14.0. The molecule has 1 aromatic rings. The van der Waals surface area contributed by atoms with E-state index >= 15 is 0 Å². The molecule has 0 saturated heterocycles. The van der Waals surface area contributed by atoms with Gasteiger partial charge in [-0.3, -0.25) is 19.2 Å². The number of phenolic OH excluding ortho intramolecular Hbond substituents is 1. The SMILES string of the molecule is NCCN.O=C(O)CCC(=O)O.O=C(O)CCC(=O)O.O=[P+](O)OCO[P+](=O)O.Oc1c(Cl)c(Cl)c(Cl)c(Cl)c1Cl. The van der Waals surface area contributed by atoms with Crippen LogP contribution in [0.2, 0.25) is 25.1 Å². The second kappa shape index (κ2) is 28.4. The Kier molecular flexibility index (Phi) is 32.1. The van der Waals surface area contributed by atoms with Gasteiger partial charge in [-0.1, -0.05) is 67.1 Å². The monoisotopic (exact) mass is 734 g/mol. The Morgan fingerprint density at radius 3 is 0.976 bits per heavy atom. The average Bonchev–Trinajstić information content (AvgIpc) is 2.88. The van der Waals surface area contributed by atoms with Crippen LogP contribution in [0.25, 0.3) is 0 Å². The van der Waals surface area contributed by atoms with Crippen LogP contribution in [0.4, 0.5) is 0 Å². The van der Waals surface area contributed by atoms with Crippen LogP contribution in [0.5, 0.6) is 5.75 Å². The molecule has 0 aliphatic rings. The van der Waals surface area contributed by atoms with Crippen LogP contribution in [0.15, 0.2) is 0 Å². The standard InChI is InChI=1S/C6HCl5O.2C4H6O4.C2H8N2.CH2O6P2/c7-1-2(8)4(10)6(12)5(11)3(1)9;2*5-3(6)1-2-4(7)8;3-1-2-4;2-8(3)6-1-7-9(4)5/h12H;2*1-2H2,(H,5,6)(H,7,8);1-4H2;1H2/p+2. The lowest BCUT2D eigenvalue weighted by Crippen LogP contribution is -2.11. The highest BCUT2D eigenvalue weighted by Crippen LogP contribution is 2.47. The molecule has 0 fully saturated rings. The minimum Gasteiger partial charge on any atom is -0.505 e. The Hall–Kier alpha value is -1.69. The molecular formula is C17H25Cl5N2O15P2+2. The number of aromatic hydroxyl groups is 1. The van der Waals surface area contributed by atoms with Gasteiger partial charge in [0.05, 0.1) is 40.8 Å². The Labute approximate surface area is 258 Å². The second-order valence-corrected chi connectivity index (χ2v) is 9.28. The van der Waals surface area contributed by atoms with Crippen LogP contribution in [0.3, 0.4) is 0 Å². The fourth-order valence-corrected chi connectivity index (χ4v) is 2.63. The first kappa shape index (κ1) is 46.3. The van der Waals surface area contributed by atoms with Gasteiger partial charge in [-0.05, 0) is 0 Å². The van der Waals surface area contributed by atoms with Gasteiger partial charge in [-0.25, -0.2) is 0 Å². The highest BCUT2D eigenvalue weighted by Gasteiger charge is 2.19. The highest BCUT2D eigenvalue weighted by molar-refractivity contribution is 7.32. The van der Waals surface area contributed by atoms with Gasteiger partial charge in [0.1, 0.15) is 10.0 Å². The molecule has 11 N–H and O–H groups in total. The largest absolute Gasteiger partial charge is 0.697 e. The third-order valence-corrected chi connectivity index (χ3v) is 5.69. The zero-order valence-corrected chi connectivity index (χ0v) is 25.9. The summed E-state index contributed by atoms with van der Waals surface area (Å²) in [6.07, 6.45) is -1.19. The van der Waals surface area contributed by atoms with E-state index in [0.29, 0.717) is 13.1 Å². The summed E-state index contributed by atoms with van der Waals surface area (Å²) in [5.41, 5.74) is 9.81. The summed E-state index contributed by atoms with van der Waals surface area (Å²) in [5.74, 6) is -4.67. The van der Waals surface area contributed by atoms with Crippen molar-refractivity contribution in [2.75, 3.05) is 19.9 Å². The maximum absolute atomic E-state index is 9.65. The van der Waals surface area contributed by atoms with Crippen LogP contribution in [-0.4, -0.2) is 79.1 Å². The lowest BCUT2D eigenvalue weighted by atomic mass is 10.3. The van der Waals surface area contributed by atoms with Gasteiger partial charge in [0.15, 0.2) is 5.75 Å². The highest BCUT2D eigenvalue weighted by atomic mass is 35.5. The maximum Gasteiger partial charge on any atom is 0.697 e. The molecule has 2 unspecified atom stereocenters. The second-order valence-electron chi connectivity index (χ2n) is 5.92. The number of halogens is 5. The number of nitrogens with two attached hydrogens (primary N) is 2. The molecule has 0 saturated carbocycles. The molecule has 1 aromatic carbocycles. The van der Waals surface area contributed by atoms with Gasteiger partial charge in [0.2, 0.25) is 0 Å². The van der Waals surface area contributed by atoms with Gasteiger partial charge in [-0.2, -0.15) is 0 Å². The van der Waals surface area contributed by atoms with Gasteiger partial charge in [0, 0.05) is 22.2 Å². The predicted molar refractivity (Wildman–Crippen MR) is 147 cm³/mol. The van der Waals surface area contributed by atoms with Gasteiger partial charge in [-0.15, -0.1) is 9.79 Å². The van der Waals surface area contributed by atoms with E-state index in [-0.39, 0.29) is 56.5 Å². The lowest BCUT2D eigenvalue weighted by Gasteiger charge is -2.06. The van der Waals surface area contributed by atoms with E-state index in [1.54, 1.807) is 0 Å². The van der Waals surface area contributed by atoms with E-state index < -0.39 is 47.2 Å². The minimum absolute atomic E-state index is 0.00904. The molecule has 0 aliphatic carbocycles. The van der Waals surface area contributed by atoms with Crippen LogP contribution in [0, 0.1) is 0 Å². The third-order valence-electron chi connectivity index (χ3n) is 2.79. The smallest absolute Gasteiger partial charge is 0.505 e. The summed E-state index contributed by atoms with van der Waals surface area (Å²) in [6, 6.07) is 0. The summed E-state index contributed by atoms with van der Waals surface area (Å²) in [4.78, 5) is 54.4. The summed E-state index contributed by atoms with van der Waals surface area (Å²) >= 11 is 27.9. The molecular weight excluding hydrogens is 711 g/mol. The van der Waals surface area contributed by atoms with Crippen molar-refractivity contribution >= 4 is 98.4 Å². The van der Waals surface area contributed by atoms with Crippen LogP contribution < -0.4 is 11.5 Å². The first-order chi connectivity index (χ1) is 18.8. The maximum atomic E-state index is 9.65. The van der Waals surface area contributed by atoms with E-state index in [2.05, 4.69) is 9.05 Å². The number of rotatable bonds is 11. The number of carboxylic acids is 4. The molecule has 0 amide bonds. The minimum atomic E-state index is -2.75. The van der Waals surface area contributed by atoms with E-state index in [4.69, 9.17) is 99.7 Å². The van der Waals surface area contributed by atoms with Crippen LogP contribution in [0.1, 0.15) is 25.7 Å². The van der Waals surface area contributed by atoms with Crippen molar-refractivity contribution < 1.29 is 72.7 Å². The molecule has 1 rings (SSSR count). The number of hydrogen-bond acceptors (Lipinski definition) is 11. The van der Waals surface area contributed by atoms with Crippen LogP contribution >= 0.6 is 74.5 Å². The molecule has 0 spiro atoms. The Morgan fingerprint density at radius 1 is 0.585 bits per heavy atom. The average molecular weight is 737 g/mol. The van der Waals surface area contributed by atoms with Crippen molar-refractivity contribution in [2.24, 2.45) is 11.5 Å². The topological polar surface area (TPSA) is 315 Å². The van der Waals surface area contributed by atoms with E-state index in [9.17, 15) is 33.4 Å². The van der Waals surface area contributed by atoms with E-state index in [1.807, 2.05) is 0 Å². The molecule has 24 heteroatoms. The predicted octanol–water partition coefficient (Wildman–Crippen LogP) is 3.71. The Morgan fingerprint density at radius 2 is 0.805 bits per heavy atom. The summed E-state index contributed by atoms with van der Waals surface area (Å²) in [5, 5.41) is 40.6. The molecule has 0 aliphatic heterocycles. The van der Waals surface area contributed by atoms with Crippen molar-refractivity contribution in [1.29, 1.82) is 0 Å². The molecule has 0 bridgehead atoms. The lowest BCUT2D eigenvalue weighted by molar-refractivity contribution is -0.143. The van der Waals surface area contributed by atoms with Gasteiger partial charge < -0.3 is 37.0 Å². The Balaban J connectivity index is -0.000000216. The zero-order chi connectivity index (χ0) is 33.3. The number of hydrogen-bond donors (Lipinski definition) is 9. The van der Waals surface area contributed by atoms with Crippen molar-refractivity contribution in [3.8, 4) is 5.75 Å². The van der Waals surface area contributed by atoms with E-state index in [1.165, 1.54) is 0 Å². The normalized spacial score (nSPS) is 9.98. The fraction of sp³-hybridized carbons (Fsp3) is 0.412. The van der Waals surface area contributed by atoms with Gasteiger partial charge in [0.25, 0.3) is 6.79 Å². The van der Waals surface area contributed by atoms with Gasteiger partial charge >= 0.3 is 40.4 Å². The molecule has 0 aromatic heterocycles. The third kappa shape index (κ3) is 32.7. The molecule has 17 nitrogen and oxygen atoms in total. The van der Waals surface area contributed by atoms with Crippen molar-refractivity contribution in [2.45, 2.75) is 25.7 Å². The van der Waals surface area contributed by atoms with Crippen molar-refractivity contribution in [1.82, 2.24) is 0 Å². The Bertz CT molecular complexity index is 844. The summed E-state index contributed by atoms with van der Waals surface area (Å²) < 4.78 is 27.0. The number of benzene rings is 1. The number of carboxylic acid groups (broad SMARTS) is 4. The molecule has 236 valence electrons. The molecule has 41 heavy (non-hydrogen) atoms. The van der Waals surface area contributed by atoms with Crippen molar-refractivity contribution in [3.05, 3.63) is 25.1 Å². The summed E-state index contributed by atoms with van der Waals surface area (Å²) in [7, 11) is -5.49.